The molecule has 0 radical (unpaired) electrons. The van der Waals surface area contributed by atoms with Gasteiger partial charge in [0, 0.05) is 21.8 Å². The van der Waals surface area contributed by atoms with Crippen molar-refractivity contribution in [1.82, 2.24) is 0 Å². The van der Waals surface area contributed by atoms with E-state index in [9.17, 15) is 4.79 Å². The Bertz CT molecular complexity index is 790. The number of esters is 1. The minimum Gasteiger partial charge on any atom is -0.451 e. The highest BCUT2D eigenvalue weighted by atomic mass is 32.2. The Kier molecular flexibility index (Phi) is 7.01. The molecular formula is C21H24O2S3. The van der Waals surface area contributed by atoms with E-state index in [1.54, 1.807) is 18.7 Å². The molecule has 0 spiro atoms. The number of ether oxygens (including phenoxy) is 1. The molecule has 3 atom stereocenters. The first-order valence-electron chi connectivity index (χ1n) is 8.73. The van der Waals surface area contributed by atoms with Gasteiger partial charge in [0.1, 0.15) is 5.94 Å². The fraction of sp³-hybridized carbons (Fsp3) is 0.381. The number of rotatable bonds is 7. The molecular weight excluding hydrogens is 380 g/mol. The zero-order valence-corrected chi connectivity index (χ0v) is 17.6. The lowest BCUT2D eigenvalue weighted by atomic mass is 10.1. The summed E-state index contributed by atoms with van der Waals surface area (Å²) in [6.07, 6.45) is 1.14. The predicted octanol–water partition coefficient (Wildman–Crippen LogP) is 6.28. The number of carbonyl (C=O) groups is 1. The Morgan fingerprint density at radius 1 is 1.31 bits per heavy atom. The van der Waals surface area contributed by atoms with Gasteiger partial charge >= 0.3 is 5.97 Å². The normalized spacial score (nSPS) is 20.8. The largest absolute Gasteiger partial charge is 0.451 e. The molecule has 5 heteroatoms. The van der Waals surface area contributed by atoms with Crippen molar-refractivity contribution in [1.29, 1.82) is 0 Å². The molecule has 2 aromatic carbocycles. The minimum atomic E-state index is -0.299. The fourth-order valence-electron chi connectivity index (χ4n) is 2.87. The summed E-state index contributed by atoms with van der Waals surface area (Å²) in [6.45, 7) is 7.49. The number of benzene rings is 2. The third kappa shape index (κ3) is 5.24. The van der Waals surface area contributed by atoms with Gasteiger partial charge in [0.2, 0.25) is 0 Å². The molecule has 0 aliphatic carbocycles. The van der Waals surface area contributed by atoms with Crippen LogP contribution in [-0.2, 0) is 9.53 Å². The Balaban J connectivity index is 1.48. The van der Waals surface area contributed by atoms with Gasteiger partial charge in [-0.2, -0.15) is 0 Å². The van der Waals surface area contributed by atoms with Crippen molar-refractivity contribution in [3.8, 4) is 0 Å². The first-order valence-corrected chi connectivity index (χ1v) is 11.8. The van der Waals surface area contributed by atoms with Gasteiger partial charge in [-0.1, -0.05) is 49.9 Å². The maximum Gasteiger partial charge on any atom is 0.333 e. The summed E-state index contributed by atoms with van der Waals surface area (Å²) < 4.78 is 5.70. The lowest BCUT2D eigenvalue weighted by Crippen LogP contribution is -2.12. The number of carbonyl (C=O) groups excluding carboxylic acids is 1. The van der Waals surface area contributed by atoms with Gasteiger partial charge in [0.15, 0.2) is 0 Å². The van der Waals surface area contributed by atoms with E-state index < -0.39 is 0 Å². The lowest BCUT2D eigenvalue weighted by Gasteiger charge is -2.16. The summed E-state index contributed by atoms with van der Waals surface area (Å²) in [6, 6.07) is 15.4. The van der Waals surface area contributed by atoms with Crippen LogP contribution >= 0.6 is 35.3 Å². The highest BCUT2D eigenvalue weighted by Crippen LogP contribution is 2.51. The molecule has 3 rings (SSSR count). The van der Waals surface area contributed by atoms with Crippen molar-refractivity contribution in [3.63, 3.8) is 0 Å². The van der Waals surface area contributed by atoms with Crippen LogP contribution in [0.15, 0.2) is 54.6 Å². The first-order chi connectivity index (χ1) is 12.5. The maximum absolute atomic E-state index is 11.4. The van der Waals surface area contributed by atoms with Crippen LogP contribution in [0.1, 0.15) is 30.4 Å². The van der Waals surface area contributed by atoms with E-state index in [-0.39, 0.29) is 5.97 Å². The number of hydrogen-bond donors (Lipinski definition) is 0. The van der Waals surface area contributed by atoms with E-state index in [4.69, 9.17) is 4.74 Å². The maximum atomic E-state index is 11.4. The molecule has 0 aromatic heterocycles. The standard InChI is InChI=1S/C21H24O2S3/c1-14(2)20(22)23-13-25-15(3)10-19-12-24-21(26-19)18-9-8-16-6-4-5-7-17(16)11-18/h4-9,11,15,19,21H,1,10,12-13H2,2-3H3. The Labute approximate surface area is 168 Å². The topological polar surface area (TPSA) is 26.3 Å². The van der Waals surface area contributed by atoms with Crippen molar-refractivity contribution in [2.24, 2.45) is 0 Å². The van der Waals surface area contributed by atoms with E-state index >= 15 is 0 Å². The molecule has 3 unspecified atom stereocenters. The average molecular weight is 405 g/mol. The third-order valence-electron chi connectivity index (χ3n) is 4.28. The van der Waals surface area contributed by atoms with Crippen LogP contribution in [0, 0.1) is 0 Å². The third-order valence-corrected chi connectivity index (χ3v) is 8.68. The van der Waals surface area contributed by atoms with Gasteiger partial charge in [0.25, 0.3) is 0 Å². The van der Waals surface area contributed by atoms with Gasteiger partial charge in [-0.15, -0.1) is 35.3 Å². The smallest absolute Gasteiger partial charge is 0.333 e. The number of hydrogen-bond acceptors (Lipinski definition) is 5. The number of fused-ring (bicyclic) bond motifs is 1. The van der Waals surface area contributed by atoms with E-state index in [0.29, 0.717) is 26.6 Å². The van der Waals surface area contributed by atoms with Crippen LogP contribution in [0.3, 0.4) is 0 Å². The molecule has 1 heterocycles. The second-order valence-corrected chi connectivity index (χ2v) is 10.8. The minimum absolute atomic E-state index is 0.299. The summed E-state index contributed by atoms with van der Waals surface area (Å²) >= 11 is 5.82. The summed E-state index contributed by atoms with van der Waals surface area (Å²) in [4.78, 5) is 11.4. The highest BCUT2D eigenvalue weighted by molar-refractivity contribution is 8.19. The van der Waals surface area contributed by atoms with Crippen LogP contribution < -0.4 is 0 Å². The van der Waals surface area contributed by atoms with Crippen LogP contribution in [0.5, 0.6) is 0 Å². The zero-order valence-electron chi connectivity index (χ0n) is 15.1. The summed E-state index contributed by atoms with van der Waals surface area (Å²) in [5.41, 5.74) is 1.87. The van der Waals surface area contributed by atoms with Crippen molar-refractivity contribution >= 4 is 52.0 Å². The van der Waals surface area contributed by atoms with E-state index in [0.717, 1.165) is 6.42 Å². The molecule has 138 valence electrons. The van der Waals surface area contributed by atoms with Crippen LogP contribution in [0.25, 0.3) is 10.8 Å². The van der Waals surface area contributed by atoms with Gasteiger partial charge in [0.05, 0.1) is 4.58 Å². The molecule has 0 bridgehead atoms. The lowest BCUT2D eigenvalue weighted by molar-refractivity contribution is -0.136. The van der Waals surface area contributed by atoms with Crippen molar-refractivity contribution in [2.45, 2.75) is 35.4 Å². The van der Waals surface area contributed by atoms with Gasteiger partial charge in [-0.05, 0) is 35.7 Å². The first kappa shape index (κ1) is 19.7. The SMILES string of the molecule is C=C(C)C(=O)OCSC(C)CC1CSC(c2ccc3ccccc3c2)S1. The zero-order chi connectivity index (χ0) is 18.5. The fourth-order valence-corrected chi connectivity index (χ4v) is 7.25. The molecule has 1 aliphatic heterocycles. The van der Waals surface area contributed by atoms with Crippen LogP contribution in [0.4, 0.5) is 0 Å². The van der Waals surface area contributed by atoms with Crippen molar-refractivity contribution < 1.29 is 9.53 Å². The molecule has 2 nitrogen and oxygen atoms in total. The molecule has 26 heavy (non-hydrogen) atoms. The summed E-state index contributed by atoms with van der Waals surface area (Å²) in [5.74, 6) is 1.29. The Hall–Kier alpha value is -1.04. The molecule has 0 amide bonds. The molecule has 1 aliphatic rings. The Morgan fingerprint density at radius 3 is 2.85 bits per heavy atom. The quantitative estimate of drug-likeness (QED) is 0.308. The van der Waals surface area contributed by atoms with E-state index in [1.807, 2.05) is 11.8 Å². The van der Waals surface area contributed by atoms with Crippen LogP contribution in [-0.4, -0.2) is 28.2 Å². The molecule has 1 fully saturated rings. The van der Waals surface area contributed by atoms with Crippen LogP contribution in [0.2, 0.25) is 0 Å². The van der Waals surface area contributed by atoms with E-state index in [2.05, 4.69) is 67.7 Å². The van der Waals surface area contributed by atoms with Gasteiger partial charge < -0.3 is 4.74 Å². The second-order valence-electron chi connectivity index (χ2n) is 6.57. The molecule has 0 saturated carbocycles. The highest BCUT2D eigenvalue weighted by Gasteiger charge is 2.28. The van der Waals surface area contributed by atoms with Crippen molar-refractivity contribution in [3.05, 3.63) is 60.2 Å². The molecule has 1 saturated heterocycles. The van der Waals surface area contributed by atoms with Gasteiger partial charge in [-0.3, -0.25) is 0 Å². The summed E-state index contributed by atoms with van der Waals surface area (Å²) in [7, 11) is 0. The Morgan fingerprint density at radius 2 is 2.08 bits per heavy atom. The van der Waals surface area contributed by atoms with E-state index in [1.165, 1.54) is 22.1 Å². The predicted molar refractivity (Wildman–Crippen MR) is 118 cm³/mol. The average Bonchev–Trinajstić information content (AvgIpc) is 3.09. The monoisotopic (exact) mass is 404 g/mol. The van der Waals surface area contributed by atoms with Crippen molar-refractivity contribution in [2.75, 3.05) is 11.7 Å². The van der Waals surface area contributed by atoms with Gasteiger partial charge in [-0.25, -0.2) is 4.79 Å². The molecule has 2 aromatic rings. The summed E-state index contributed by atoms with van der Waals surface area (Å²) in [5, 5.41) is 3.74. The second kappa shape index (κ2) is 9.25. The number of thioether (sulfide) groups is 3. The molecule has 0 N–H and O–H groups in total.